The molecule has 3 N–H and O–H groups in total. The largest absolute Gasteiger partial charge is 0.327 e. The maximum atomic E-state index is 13.6. The first-order chi connectivity index (χ1) is 16.2. The minimum Gasteiger partial charge on any atom is -0.318 e. The van der Waals surface area contributed by atoms with Crippen LogP contribution in [-0.4, -0.2) is 105 Å². The molecule has 2 saturated carbocycles. The van der Waals surface area contributed by atoms with E-state index in [0.717, 1.165) is 6.42 Å². The van der Waals surface area contributed by atoms with Gasteiger partial charge in [-0.3, -0.25) is 20.0 Å². The average molecular weight is 503 g/mol. The van der Waals surface area contributed by atoms with Crippen molar-refractivity contribution in [3.8, 4) is 0 Å². The third-order valence-electron chi connectivity index (χ3n) is 7.97. The molecule has 5 fully saturated rings. The summed E-state index contributed by atoms with van der Waals surface area (Å²) in [4.78, 5) is 35.7. The number of sulfonamides is 1. The van der Waals surface area contributed by atoms with Gasteiger partial charge in [0.2, 0.25) is 15.9 Å². The molecule has 5 rings (SSSR count). The van der Waals surface area contributed by atoms with E-state index in [4.69, 9.17) is 4.84 Å². The number of hydrogen-bond donors (Lipinski definition) is 3. The molecule has 5 atom stereocenters. The number of nitrogens with zero attached hydrogens (tertiary/aromatic N) is 3. The van der Waals surface area contributed by atoms with Crippen LogP contribution in [0.15, 0.2) is 0 Å². The number of hydrogen-bond acceptors (Lipinski definition) is 8. The van der Waals surface area contributed by atoms with E-state index in [1.165, 1.54) is 4.90 Å². The van der Waals surface area contributed by atoms with Crippen molar-refractivity contribution in [1.82, 2.24) is 30.4 Å². The van der Waals surface area contributed by atoms with Crippen LogP contribution >= 0.6 is 0 Å². The number of alkyl halides is 1. The van der Waals surface area contributed by atoms with Crippen LogP contribution in [0, 0.1) is 11.8 Å². The Hall–Kier alpha value is -1.38. The van der Waals surface area contributed by atoms with Crippen LogP contribution in [0.1, 0.15) is 38.5 Å². The quantitative estimate of drug-likeness (QED) is 0.409. The number of nitrogens with one attached hydrogen (secondary N) is 3. The van der Waals surface area contributed by atoms with Crippen molar-refractivity contribution in [1.29, 1.82) is 0 Å². The van der Waals surface area contributed by atoms with Gasteiger partial charge in [-0.1, -0.05) is 0 Å². The maximum absolute atomic E-state index is 13.6. The molecule has 5 aliphatic rings. The summed E-state index contributed by atoms with van der Waals surface area (Å²) in [6.07, 6.45) is 2.47. The highest BCUT2D eigenvalue weighted by atomic mass is 32.2. The summed E-state index contributed by atoms with van der Waals surface area (Å²) in [7, 11) is -1.86. The molecule has 0 bridgehead atoms. The van der Waals surface area contributed by atoms with Gasteiger partial charge in [-0.2, -0.15) is 0 Å². The number of urea groups is 1. The second kappa shape index (κ2) is 9.25. The molecule has 3 heterocycles. The van der Waals surface area contributed by atoms with E-state index in [1.807, 2.05) is 12.1 Å². The standard InChI is InChI=1S/C21H35FN6O5S/c1-26-10-14(9-23-26)11-28-19(29)17-8-16(34(31,32)25-21(13-22)5-6-21)2-3-18(17)27(20(28)30)12-15-4-7-24-33-15/h14-18,23-25H,2-13H2,1H3. The first-order valence-corrected chi connectivity index (χ1v) is 13.8. The van der Waals surface area contributed by atoms with E-state index in [9.17, 15) is 22.4 Å². The van der Waals surface area contributed by atoms with Gasteiger partial charge in [0.05, 0.1) is 29.4 Å². The Morgan fingerprint density at radius 2 is 2.00 bits per heavy atom. The summed E-state index contributed by atoms with van der Waals surface area (Å²) in [6.45, 7) is 2.01. The number of rotatable bonds is 8. The van der Waals surface area contributed by atoms with E-state index in [2.05, 4.69) is 15.6 Å². The topological polar surface area (TPSA) is 123 Å². The van der Waals surface area contributed by atoms with Crippen LogP contribution in [-0.2, 0) is 19.7 Å². The number of halogens is 1. The van der Waals surface area contributed by atoms with Crippen LogP contribution in [0.3, 0.4) is 0 Å². The fraction of sp³-hybridized carbons (Fsp3) is 0.905. The lowest BCUT2D eigenvalue weighted by Crippen LogP contribution is -2.65. The average Bonchev–Trinajstić information content (AvgIpc) is 3.17. The number of hydroxylamine groups is 1. The van der Waals surface area contributed by atoms with Crippen LogP contribution in [0.4, 0.5) is 9.18 Å². The Kier molecular flexibility index (Phi) is 6.61. The van der Waals surface area contributed by atoms with E-state index in [0.29, 0.717) is 58.4 Å². The van der Waals surface area contributed by atoms with Crippen molar-refractivity contribution in [2.45, 2.75) is 61.5 Å². The SMILES string of the molecule is CN1CC(CN2C(=O)C3CC(S(=O)(=O)NC4(CF)CC4)CCC3N(CC3CCNO3)C2=O)CN1. The molecule has 0 aromatic rings. The van der Waals surface area contributed by atoms with E-state index >= 15 is 0 Å². The molecule has 3 saturated heterocycles. The van der Waals surface area contributed by atoms with E-state index < -0.39 is 33.4 Å². The molecule has 0 spiro atoms. The number of carbonyl (C=O) groups is 2. The Morgan fingerprint density at radius 1 is 1.21 bits per heavy atom. The van der Waals surface area contributed by atoms with Crippen molar-refractivity contribution >= 4 is 22.0 Å². The lowest BCUT2D eigenvalue weighted by Gasteiger charge is -2.49. The van der Waals surface area contributed by atoms with Gasteiger partial charge in [-0.05, 0) is 38.5 Å². The lowest BCUT2D eigenvalue weighted by atomic mass is 9.80. The Morgan fingerprint density at radius 3 is 2.62 bits per heavy atom. The number of fused-ring (bicyclic) bond motifs is 1. The summed E-state index contributed by atoms with van der Waals surface area (Å²) in [6, 6.07) is -0.669. The van der Waals surface area contributed by atoms with Crippen molar-refractivity contribution < 1.29 is 27.2 Å². The molecule has 11 nitrogen and oxygen atoms in total. The van der Waals surface area contributed by atoms with Gasteiger partial charge in [-0.25, -0.2) is 32.8 Å². The molecule has 2 aliphatic carbocycles. The Bertz CT molecular complexity index is 911. The summed E-state index contributed by atoms with van der Waals surface area (Å²) in [5.41, 5.74) is 5.08. The fourth-order valence-electron chi connectivity index (χ4n) is 5.79. The molecule has 0 aromatic carbocycles. The highest BCUT2D eigenvalue weighted by Gasteiger charge is 2.53. The molecular formula is C21H35FN6O5S. The molecule has 192 valence electrons. The predicted molar refractivity (Wildman–Crippen MR) is 120 cm³/mol. The van der Waals surface area contributed by atoms with Gasteiger partial charge < -0.3 is 4.90 Å². The van der Waals surface area contributed by atoms with Crippen LogP contribution in [0.2, 0.25) is 0 Å². The molecule has 5 unspecified atom stereocenters. The minimum absolute atomic E-state index is 0.102. The highest BCUT2D eigenvalue weighted by molar-refractivity contribution is 7.90. The summed E-state index contributed by atoms with van der Waals surface area (Å²) in [5.74, 6) is -0.794. The number of hydrazine groups is 1. The van der Waals surface area contributed by atoms with Gasteiger partial charge >= 0.3 is 6.03 Å². The molecule has 3 aliphatic heterocycles. The first kappa shape index (κ1) is 24.3. The molecule has 13 heteroatoms. The molecule has 3 amide bonds. The first-order valence-electron chi connectivity index (χ1n) is 12.3. The fourth-order valence-corrected chi connectivity index (χ4v) is 7.73. The summed E-state index contributed by atoms with van der Waals surface area (Å²) in [5, 5.41) is 1.16. The van der Waals surface area contributed by atoms with Crippen molar-refractivity contribution in [2.75, 3.05) is 46.4 Å². The molecule has 34 heavy (non-hydrogen) atoms. The highest BCUT2D eigenvalue weighted by Crippen LogP contribution is 2.41. The van der Waals surface area contributed by atoms with Gasteiger partial charge in [0, 0.05) is 45.2 Å². The number of carbonyl (C=O) groups excluding carboxylic acids is 2. The zero-order chi connectivity index (χ0) is 24.1. The van der Waals surface area contributed by atoms with Crippen molar-refractivity contribution in [3.63, 3.8) is 0 Å². The van der Waals surface area contributed by atoms with E-state index in [-0.39, 0.29) is 36.4 Å². The maximum Gasteiger partial charge on any atom is 0.327 e. The minimum atomic E-state index is -3.78. The normalized spacial score (nSPS) is 36.2. The monoisotopic (exact) mass is 502 g/mol. The van der Waals surface area contributed by atoms with Crippen LogP contribution in [0.25, 0.3) is 0 Å². The third-order valence-corrected chi connectivity index (χ3v) is 10.00. The number of amides is 3. The van der Waals surface area contributed by atoms with Crippen LogP contribution in [0.5, 0.6) is 0 Å². The van der Waals surface area contributed by atoms with Gasteiger partial charge in [-0.15, -0.1) is 0 Å². The van der Waals surface area contributed by atoms with Crippen molar-refractivity contribution in [2.24, 2.45) is 11.8 Å². The summed E-state index contributed by atoms with van der Waals surface area (Å²) < 4.78 is 42.1. The molecule has 0 aromatic heterocycles. The predicted octanol–water partition coefficient (Wildman–Crippen LogP) is -0.431. The Balaban J connectivity index is 1.35. The lowest BCUT2D eigenvalue weighted by molar-refractivity contribution is -0.141. The second-order valence-electron chi connectivity index (χ2n) is 10.6. The zero-order valence-electron chi connectivity index (χ0n) is 19.5. The van der Waals surface area contributed by atoms with Gasteiger partial charge in [0.15, 0.2) is 0 Å². The van der Waals surface area contributed by atoms with Gasteiger partial charge in [0.25, 0.3) is 0 Å². The Labute approximate surface area is 199 Å². The van der Waals surface area contributed by atoms with Crippen molar-refractivity contribution in [3.05, 3.63) is 0 Å². The molecular weight excluding hydrogens is 467 g/mol. The third kappa shape index (κ3) is 4.70. The summed E-state index contributed by atoms with van der Waals surface area (Å²) >= 11 is 0. The smallest absolute Gasteiger partial charge is 0.318 e. The molecule has 0 radical (unpaired) electrons. The zero-order valence-corrected chi connectivity index (χ0v) is 20.4. The van der Waals surface area contributed by atoms with E-state index in [1.54, 1.807) is 4.90 Å². The van der Waals surface area contributed by atoms with Gasteiger partial charge in [0.1, 0.15) is 6.67 Å². The second-order valence-corrected chi connectivity index (χ2v) is 12.5. The number of imide groups is 1. The van der Waals surface area contributed by atoms with Crippen LogP contribution < -0.4 is 15.6 Å².